The van der Waals surface area contributed by atoms with Crippen molar-refractivity contribution in [2.75, 3.05) is 4.72 Å². The van der Waals surface area contributed by atoms with E-state index in [2.05, 4.69) is 42.8 Å². The van der Waals surface area contributed by atoms with Crippen LogP contribution in [0.1, 0.15) is 35.3 Å². The highest BCUT2D eigenvalue weighted by Crippen LogP contribution is 2.23. The molecular formula is C18H21NOS. The first kappa shape index (κ1) is 15.6. The monoisotopic (exact) mass is 299 g/mol. The van der Waals surface area contributed by atoms with Gasteiger partial charge in [0.05, 0.1) is 0 Å². The van der Waals surface area contributed by atoms with Gasteiger partial charge in [-0.05, 0) is 66.6 Å². The van der Waals surface area contributed by atoms with Crippen LogP contribution in [0.5, 0.6) is 0 Å². The van der Waals surface area contributed by atoms with Crippen LogP contribution in [-0.4, -0.2) is 6.29 Å². The van der Waals surface area contributed by atoms with Crippen LogP contribution in [-0.2, 0) is 6.42 Å². The van der Waals surface area contributed by atoms with Gasteiger partial charge in [0.2, 0.25) is 0 Å². The molecule has 0 aliphatic carbocycles. The van der Waals surface area contributed by atoms with Gasteiger partial charge < -0.3 is 4.72 Å². The molecule has 3 heteroatoms. The molecule has 2 aromatic rings. The lowest BCUT2D eigenvalue weighted by molar-refractivity contribution is 0.112. The fourth-order valence-electron chi connectivity index (χ4n) is 2.11. The van der Waals surface area contributed by atoms with Gasteiger partial charge in [-0.25, -0.2) is 0 Å². The standard InChI is InChI=1S/C18H21NOS/c1-13(2)10-15-5-7-17(8-6-15)19-21-18-9-4-14(3)16(11-18)12-20/h4-9,11-13,19H,10H2,1-3H3. The van der Waals surface area contributed by atoms with Crippen LogP contribution in [0.4, 0.5) is 5.69 Å². The van der Waals surface area contributed by atoms with Gasteiger partial charge in [0.25, 0.3) is 0 Å². The molecule has 110 valence electrons. The van der Waals surface area contributed by atoms with Crippen LogP contribution >= 0.6 is 11.9 Å². The van der Waals surface area contributed by atoms with E-state index in [0.717, 1.165) is 34.4 Å². The van der Waals surface area contributed by atoms with Crippen molar-refractivity contribution in [3.63, 3.8) is 0 Å². The average molecular weight is 299 g/mol. The molecular weight excluding hydrogens is 278 g/mol. The van der Waals surface area contributed by atoms with Crippen LogP contribution in [0.2, 0.25) is 0 Å². The number of rotatable bonds is 6. The summed E-state index contributed by atoms with van der Waals surface area (Å²) >= 11 is 1.52. The highest BCUT2D eigenvalue weighted by atomic mass is 32.2. The minimum atomic E-state index is 0.674. The second kappa shape index (κ2) is 7.32. The molecule has 0 unspecified atom stereocenters. The van der Waals surface area contributed by atoms with Crippen molar-refractivity contribution in [1.29, 1.82) is 0 Å². The average Bonchev–Trinajstić information content (AvgIpc) is 2.47. The zero-order chi connectivity index (χ0) is 15.2. The van der Waals surface area contributed by atoms with Crippen molar-refractivity contribution in [2.24, 2.45) is 5.92 Å². The summed E-state index contributed by atoms with van der Waals surface area (Å²) in [5.74, 6) is 0.674. The van der Waals surface area contributed by atoms with Gasteiger partial charge in [-0.3, -0.25) is 4.79 Å². The van der Waals surface area contributed by atoms with E-state index in [1.165, 1.54) is 17.5 Å². The fraction of sp³-hybridized carbons (Fsp3) is 0.278. The second-order valence-corrected chi connectivity index (χ2v) is 6.51. The Morgan fingerprint density at radius 3 is 2.48 bits per heavy atom. The molecule has 0 fully saturated rings. The second-order valence-electron chi connectivity index (χ2n) is 5.64. The summed E-state index contributed by atoms with van der Waals surface area (Å²) in [6, 6.07) is 14.4. The summed E-state index contributed by atoms with van der Waals surface area (Å²) in [5, 5.41) is 0. The molecule has 0 heterocycles. The molecule has 0 radical (unpaired) electrons. The third-order valence-corrected chi connectivity index (χ3v) is 4.09. The first-order chi connectivity index (χ1) is 10.1. The Morgan fingerprint density at radius 2 is 1.86 bits per heavy atom. The topological polar surface area (TPSA) is 29.1 Å². The van der Waals surface area contributed by atoms with E-state index in [0.29, 0.717) is 5.92 Å². The third-order valence-electron chi connectivity index (χ3n) is 3.26. The van der Waals surface area contributed by atoms with Gasteiger partial charge in [-0.2, -0.15) is 0 Å². The van der Waals surface area contributed by atoms with Gasteiger partial charge in [-0.1, -0.05) is 32.0 Å². The van der Waals surface area contributed by atoms with Crippen molar-refractivity contribution in [3.05, 3.63) is 59.2 Å². The van der Waals surface area contributed by atoms with Crippen molar-refractivity contribution < 1.29 is 4.79 Å². The fourth-order valence-corrected chi connectivity index (χ4v) is 2.80. The van der Waals surface area contributed by atoms with Crippen LogP contribution in [0.15, 0.2) is 47.4 Å². The Hall–Kier alpha value is -1.74. The van der Waals surface area contributed by atoms with Crippen LogP contribution in [0.3, 0.4) is 0 Å². The molecule has 0 saturated heterocycles. The summed E-state index contributed by atoms with van der Waals surface area (Å²) in [7, 11) is 0. The van der Waals surface area contributed by atoms with Crippen molar-refractivity contribution >= 4 is 23.9 Å². The van der Waals surface area contributed by atoms with Gasteiger partial charge in [0.1, 0.15) is 6.29 Å². The first-order valence-corrected chi connectivity index (χ1v) is 7.98. The van der Waals surface area contributed by atoms with Crippen molar-refractivity contribution in [3.8, 4) is 0 Å². The maximum Gasteiger partial charge on any atom is 0.150 e. The lowest BCUT2D eigenvalue weighted by Gasteiger charge is -2.09. The van der Waals surface area contributed by atoms with Gasteiger partial charge in [0, 0.05) is 16.1 Å². The SMILES string of the molecule is Cc1ccc(SNc2ccc(CC(C)C)cc2)cc1C=O. The van der Waals surface area contributed by atoms with E-state index in [9.17, 15) is 4.79 Å². The summed E-state index contributed by atoms with van der Waals surface area (Å²) in [5.41, 5.74) is 4.18. The number of aldehydes is 1. The molecule has 0 saturated carbocycles. The normalized spacial score (nSPS) is 10.7. The molecule has 0 atom stereocenters. The summed E-state index contributed by atoms with van der Waals surface area (Å²) < 4.78 is 3.31. The van der Waals surface area contributed by atoms with Gasteiger partial charge in [0.15, 0.2) is 0 Å². The molecule has 1 N–H and O–H groups in total. The molecule has 0 aromatic heterocycles. The zero-order valence-corrected chi connectivity index (χ0v) is 13.5. The Kier molecular flexibility index (Phi) is 5.45. The largest absolute Gasteiger partial charge is 0.326 e. The highest BCUT2D eigenvalue weighted by molar-refractivity contribution is 8.00. The minimum Gasteiger partial charge on any atom is -0.326 e. The Balaban J connectivity index is 1.98. The number of hydrogen-bond donors (Lipinski definition) is 1. The van der Waals surface area contributed by atoms with Crippen LogP contribution in [0.25, 0.3) is 0 Å². The van der Waals surface area contributed by atoms with E-state index in [1.807, 2.05) is 25.1 Å². The quantitative estimate of drug-likeness (QED) is 0.592. The number of carbonyl (C=O) groups is 1. The highest BCUT2D eigenvalue weighted by Gasteiger charge is 2.02. The van der Waals surface area contributed by atoms with E-state index >= 15 is 0 Å². The maximum absolute atomic E-state index is 10.9. The van der Waals surface area contributed by atoms with Gasteiger partial charge in [-0.15, -0.1) is 0 Å². The first-order valence-electron chi connectivity index (χ1n) is 7.16. The smallest absolute Gasteiger partial charge is 0.150 e. The molecule has 21 heavy (non-hydrogen) atoms. The number of carbonyl (C=O) groups excluding carboxylic acids is 1. The Labute approximate surface area is 131 Å². The predicted molar refractivity (Wildman–Crippen MR) is 91.0 cm³/mol. The number of hydrogen-bond acceptors (Lipinski definition) is 3. The zero-order valence-electron chi connectivity index (χ0n) is 12.7. The number of anilines is 1. The lowest BCUT2D eigenvalue weighted by atomic mass is 10.0. The van der Waals surface area contributed by atoms with Gasteiger partial charge >= 0.3 is 0 Å². The lowest BCUT2D eigenvalue weighted by Crippen LogP contribution is -1.94. The van der Waals surface area contributed by atoms with Crippen LogP contribution in [0, 0.1) is 12.8 Å². The molecule has 0 spiro atoms. The molecule has 0 amide bonds. The molecule has 2 aromatic carbocycles. The number of benzene rings is 2. The van der Waals surface area contributed by atoms with Crippen molar-refractivity contribution in [2.45, 2.75) is 32.1 Å². The molecule has 2 rings (SSSR count). The summed E-state index contributed by atoms with van der Waals surface area (Å²) in [6.07, 6.45) is 2.01. The summed E-state index contributed by atoms with van der Waals surface area (Å²) in [6.45, 7) is 6.40. The van der Waals surface area contributed by atoms with Crippen LogP contribution < -0.4 is 4.72 Å². The maximum atomic E-state index is 10.9. The predicted octanol–water partition coefficient (Wildman–Crippen LogP) is 5.13. The molecule has 0 aliphatic rings. The molecule has 0 bridgehead atoms. The number of aryl methyl sites for hydroxylation is 1. The molecule has 2 nitrogen and oxygen atoms in total. The van der Waals surface area contributed by atoms with E-state index in [4.69, 9.17) is 0 Å². The Morgan fingerprint density at radius 1 is 1.14 bits per heavy atom. The Bertz CT molecular complexity index is 605. The van der Waals surface area contributed by atoms with E-state index in [1.54, 1.807) is 0 Å². The number of nitrogens with one attached hydrogen (secondary N) is 1. The van der Waals surface area contributed by atoms with Crippen molar-refractivity contribution in [1.82, 2.24) is 0 Å². The van der Waals surface area contributed by atoms with E-state index in [-0.39, 0.29) is 0 Å². The van der Waals surface area contributed by atoms with E-state index < -0.39 is 0 Å². The minimum absolute atomic E-state index is 0.674. The third kappa shape index (κ3) is 4.64. The molecule has 0 aliphatic heterocycles. The summed E-state index contributed by atoms with van der Waals surface area (Å²) in [4.78, 5) is 12.0.